The second-order valence-corrected chi connectivity index (χ2v) is 6.66. The van der Waals surface area contributed by atoms with Crippen molar-refractivity contribution in [3.8, 4) is 5.69 Å². The molecule has 1 aliphatic carbocycles. The van der Waals surface area contributed by atoms with Crippen LogP contribution in [0.15, 0.2) is 42.5 Å². The lowest BCUT2D eigenvalue weighted by Crippen LogP contribution is -2.19. The number of hydrogen-bond acceptors (Lipinski definition) is 3. The number of primary amides is 1. The Kier molecular flexibility index (Phi) is 4.71. The van der Waals surface area contributed by atoms with E-state index in [2.05, 4.69) is 15.7 Å². The van der Waals surface area contributed by atoms with Crippen LogP contribution in [0.4, 0.5) is 25.0 Å². The van der Waals surface area contributed by atoms with Crippen LogP contribution in [0.1, 0.15) is 28.2 Å². The van der Waals surface area contributed by atoms with Gasteiger partial charge in [0.1, 0.15) is 0 Å². The van der Waals surface area contributed by atoms with Crippen LogP contribution in [0.25, 0.3) is 5.69 Å². The number of benzene rings is 2. The van der Waals surface area contributed by atoms with E-state index in [4.69, 9.17) is 5.73 Å². The second-order valence-electron chi connectivity index (χ2n) is 6.66. The van der Waals surface area contributed by atoms with Gasteiger partial charge in [-0.1, -0.05) is 6.07 Å². The molecule has 3 aromatic rings. The van der Waals surface area contributed by atoms with Crippen LogP contribution < -0.4 is 16.4 Å². The van der Waals surface area contributed by atoms with Gasteiger partial charge < -0.3 is 16.4 Å². The number of urea groups is 1. The number of anilines is 2. The molecule has 148 valence electrons. The zero-order chi connectivity index (χ0) is 20.5. The van der Waals surface area contributed by atoms with Crippen molar-refractivity contribution in [1.82, 2.24) is 9.78 Å². The molecule has 9 heteroatoms. The number of halogens is 2. The molecule has 0 fully saturated rings. The minimum atomic E-state index is -0.977. The topological polar surface area (TPSA) is 102 Å². The number of fused-ring (bicyclic) bond motifs is 1. The minimum Gasteiger partial charge on any atom is -0.351 e. The van der Waals surface area contributed by atoms with E-state index in [1.54, 1.807) is 24.3 Å². The van der Waals surface area contributed by atoms with Crippen molar-refractivity contribution in [3.63, 3.8) is 0 Å². The fourth-order valence-corrected chi connectivity index (χ4v) is 3.46. The van der Waals surface area contributed by atoms with Crippen molar-refractivity contribution in [2.45, 2.75) is 19.3 Å². The number of nitrogens with one attached hydrogen (secondary N) is 2. The van der Waals surface area contributed by atoms with Gasteiger partial charge in [-0.05, 0) is 49.6 Å². The highest BCUT2D eigenvalue weighted by molar-refractivity contribution is 6.04. The Hall–Kier alpha value is -3.75. The number of amides is 3. The molecule has 0 spiro atoms. The van der Waals surface area contributed by atoms with Gasteiger partial charge in [0.25, 0.3) is 5.91 Å². The lowest BCUT2D eigenvalue weighted by atomic mass is 10.2. The SMILES string of the molecule is NC(=O)Nc1cccc(NC(=O)c2nn(-c3ccc(F)c(F)c3)c3c2CCC3)c1. The number of rotatable bonds is 4. The van der Waals surface area contributed by atoms with E-state index in [0.29, 0.717) is 29.9 Å². The first kappa shape index (κ1) is 18.6. The molecular weight excluding hydrogens is 380 g/mol. The summed E-state index contributed by atoms with van der Waals surface area (Å²) in [6, 6.07) is 9.32. The Bertz CT molecular complexity index is 1130. The molecule has 3 amide bonds. The van der Waals surface area contributed by atoms with Gasteiger partial charge in [-0.25, -0.2) is 18.3 Å². The van der Waals surface area contributed by atoms with E-state index in [-0.39, 0.29) is 5.69 Å². The summed E-state index contributed by atoms with van der Waals surface area (Å²) < 4.78 is 28.4. The first-order valence-electron chi connectivity index (χ1n) is 8.96. The van der Waals surface area contributed by atoms with Gasteiger partial charge in [-0.15, -0.1) is 0 Å². The highest BCUT2D eigenvalue weighted by Gasteiger charge is 2.27. The van der Waals surface area contributed by atoms with Crippen molar-refractivity contribution >= 4 is 23.3 Å². The van der Waals surface area contributed by atoms with Gasteiger partial charge in [0.15, 0.2) is 17.3 Å². The highest BCUT2D eigenvalue weighted by Crippen LogP contribution is 2.29. The predicted molar refractivity (Wildman–Crippen MR) is 103 cm³/mol. The first-order chi connectivity index (χ1) is 13.9. The molecule has 0 saturated carbocycles. The Balaban J connectivity index is 1.65. The molecule has 2 aromatic carbocycles. The lowest BCUT2D eigenvalue weighted by Gasteiger charge is -2.07. The molecule has 4 N–H and O–H groups in total. The monoisotopic (exact) mass is 397 g/mol. The summed E-state index contributed by atoms with van der Waals surface area (Å²) in [5.74, 6) is -2.35. The van der Waals surface area contributed by atoms with E-state index in [1.807, 2.05) is 0 Å². The third kappa shape index (κ3) is 3.66. The number of nitrogens with zero attached hydrogens (tertiary/aromatic N) is 2. The summed E-state index contributed by atoms with van der Waals surface area (Å²) in [5.41, 5.74) is 8.19. The maximum Gasteiger partial charge on any atom is 0.316 e. The third-order valence-corrected chi connectivity index (χ3v) is 4.68. The number of aromatic nitrogens is 2. The standard InChI is InChI=1S/C20H17F2N5O2/c21-15-8-7-13(10-16(15)22)27-17-6-2-5-14(17)18(26-27)19(28)24-11-3-1-4-12(9-11)25-20(23)29/h1,3-4,7-10H,2,5-6H2,(H,24,28)(H3,23,25,29). The van der Waals surface area contributed by atoms with E-state index in [9.17, 15) is 18.4 Å². The number of carbonyl (C=O) groups is 2. The molecule has 0 bridgehead atoms. The summed E-state index contributed by atoms with van der Waals surface area (Å²) in [6.07, 6.45) is 2.20. The Labute approximate surface area is 164 Å². The van der Waals surface area contributed by atoms with Crippen molar-refractivity contribution in [2.24, 2.45) is 5.73 Å². The maximum absolute atomic E-state index is 13.7. The van der Waals surface area contributed by atoms with Gasteiger partial charge in [0.2, 0.25) is 0 Å². The van der Waals surface area contributed by atoms with Gasteiger partial charge in [0, 0.05) is 28.7 Å². The smallest absolute Gasteiger partial charge is 0.316 e. The zero-order valence-electron chi connectivity index (χ0n) is 15.2. The molecule has 29 heavy (non-hydrogen) atoms. The summed E-state index contributed by atoms with van der Waals surface area (Å²) in [7, 11) is 0. The lowest BCUT2D eigenvalue weighted by molar-refractivity contribution is 0.102. The van der Waals surface area contributed by atoms with Crippen molar-refractivity contribution < 1.29 is 18.4 Å². The van der Waals surface area contributed by atoms with Crippen molar-refractivity contribution in [1.29, 1.82) is 0 Å². The molecule has 0 saturated heterocycles. The van der Waals surface area contributed by atoms with Crippen LogP contribution in [0.2, 0.25) is 0 Å². The van der Waals surface area contributed by atoms with E-state index < -0.39 is 23.6 Å². The molecule has 7 nitrogen and oxygen atoms in total. The molecule has 4 rings (SSSR count). The fourth-order valence-electron chi connectivity index (χ4n) is 3.46. The Morgan fingerprint density at radius 3 is 2.48 bits per heavy atom. The minimum absolute atomic E-state index is 0.232. The molecule has 0 atom stereocenters. The van der Waals surface area contributed by atoms with Crippen LogP contribution in [0, 0.1) is 11.6 Å². The van der Waals surface area contributed by atoms with Gasteiger partial charge in [-0.2, -0.15) is 5.10 Å². The quantitative estimate of drug-likeness (QED) is 0.629. The number of nitrogens with two attached hydrogens (primary N) is 1. The van der Waals surface area contributed by atoms with E-state index in [1.165, 1.54) is 10.7 Å². The zero-order valence-corrected chi connectivity index (χ0v) is 15.2. The number of carbonyl (C=O) groups excluding carboxylic acids is 2. The predicted octanol–water partition coefficient (Wildman–Crippen LogP) is 3.38. The van der Waals surface area contributed by atoms with Gasteiger partial charge in [-0.3, -0.25) is 4.79 Å². The molecule has 0 radical (unpaired) electrons. The summed E-state index contributed by atoms with van der Waals surface area (Å²) in [6.45, 7) is 0. The maximum atomic E-state index is 13.7. The van der Waals surface area contributed by atoms with E-state index in [0.717, 1.165) is 29.8 Å². The van der Waals surface area contributed by atoms with Crippen molar-refractivity contribution in [2.75, 3.05) is 10.6 Å². The summed E-state index contributed by atoms with van der Waals surface area (Å²) in [5, 5.41) is 9.55. The highest BCUT2D eigenvalue weighted by atomic mass is 19.2. The normalized spacial score (nSPS) is 12.5. The molecule has 0 aliphatic heterocycles. The molecular formula is C20H17F2N5O2. The van der Waals surface area contributed by atoms with Crippen molar-refractivity contribution in [3.05, 3.63) is 71.1 Å². The number of hydrogen-bond donors (Lipinski definition) is 3. The van der Waals surface area contributed by atoms with Crippen LogP contribution in [0.5, 0.6) is 0 Å². The van der Waals surface area contributed by atoms with Crippen LogP contribution in [-0.4, -0.2) is 21.7 Å². The van der Waals surface area contributed by atoms with Gasteiger partial charge >= 0.3 is 6.03 Å². The molecule has 1 aliphatic rings. The van der Waals surface area contributed by atoms with E-state index >= 15 is 0 Å². The molecule has 1 heterocycles. The van der Waals surface area contributed by atoms with Crippen LogP contribution in [0.3, 0.4) is 0 Å². The Morgan fingerprint density at radius 1 is 1.00 bits per heavy atom. The third-order valence-electron chi connectivity index (χ3n) is 4.68. The molecule has 1 aromatic heterocycles. The van der Waals surface area contributed by atoms with Gasteiger partial charge in [0.05, 0.1) is 5.69 Å². The average Bonchev–Trinajstić information content (AvgIpc) is 3.26. The molecule has 0 unspecified atom stereocenters. The second kappa shape index (κ2) is 7.34. The first-order valence-corrected chi connectivity index (χ1v) is 8.96. The fraction of sp³-hybridized carbons (Fsp3) is 0.150. The Morgan fingerprint density at radius 2 is 1.76 bits per heavy atom. The largest absolute Gasteiger partial charge is 0.351 e. The van der Waals surface area contributed by atoms with Crippen LogP contribution in [-0.2, 0) is 12.8 Å². The summed E-state index contributed by atoms with van der Waals surface area (Å²) >= 11 is 0. The average molecular weight is 397 g/mol. The van der Waals surface area contributed by atoms with Crippen LogP contribution >= 0.6 is 0 Å². The summed E-state index contributed by atoms with van der Waals surface area (Å²) in [4.78, 5) is 23.8.